The van der Waals surface area contributed by atoms with Crippen LogP contribution >= 0.6 is 0 Å². The Balaban J connectivity index is 1.93. The van der Waals surface area contributed by atoms with E-state index in [1.807, 2.05) is 42.5 Å². The number of hydrogen-bond donors (Lipinski definition) is 0. The largest absolute Gasteiger partial charge is 0.279 e. The molecular weight excluding hydrogens is 416 g/mol. The molecular formula is C31H26OSi. The van der Waals surface area contributed by atoms with Crippen LogP contribution in [0.2, 0.25) is 6.04 Å². The lowest BCUT2D eigenvalue weighted by atomic mass is 10.1. The highest BCUT2D eigenvalue weighted by atomic mass is 28.3. The van der Waals surface area contributed by atoms with Crippen molar-refractivity contribution in [3.05, 3.63) is 139 Å². The lowest BCUT2D eigenvalue weighted by Crippen LogP contribution is -2.67. The minimum atomic E-state index is -2.44. The molecule has 4 rings (SSSR count). The van der Waals surface area contributed by atoms with Gasteiger partial charge in [0.05, 0.1) is 0 Å². The van der Waals surface area contributed by atoms with Crippen molar-refractivity contribution in [3.63, 3.8) is 0 Å². The van der Waals surface area contributed by atoms with Crippen LogP contribution in [0.3, 0.4) is 0 Å². The molecule has 0 bridgehead atoms. The third kappa shape index (κ3) is 4.79. The average molecular weight is 443 g/mol. The van der Waals surface area contributed by atoms with Gasteiger partial charge in [-0.25, -0.2) is 0 Å². The quantitative estimate of drug-likeness (QED) is 0.136. The number of rotatable bonds is 6. The number of carbonyl (C=O) groups excluding carboxylic acids is 1. The van der Waals surface area contributed by atoms with Gasteiger partial charge in [-0.15, -0.1) is 0 Å². The second-order valence-electron chi connectivity index (χ2n) is 7.90. The van der Waals surface area contributed by atoms with E-state index in [4.69, 9.17) is 0 Å². The fraction of sp³-hybridized carbons (Fsp3) is 0.0645. The van der Waals surface area contributed by atoms with Crippen LogP contribution in [-0.4, -0.2) is 13.9 Å². The lowest BCUT2D eigenvalue weighted by molar-refractivity contribution is 0.105. The molecule has 4 aromatic carbocycles. The third-order valence-electron chi connectivity index (χ3n) is 5.93. The standard InChI is InChI=1S/C31H26OSi/c1-2-3-25-33(28-18-9-5-10-19-28,29-20-11-6-12-21-29)31-22-14-13-17-27(31)23-24-30(32)26-15-7-4-8-16-26/h2-22H,25H2,1H3/b3-2+. The highest BCUT2D eigenvalue weighted by molar-refractivity contribution is 7.12. The van der Waals surface area contributed by atoms with E-state index in [1.54, 1.807) is 0 Å². The fourth-order valence-electron chi connectivity index (χ4n) is 4.31. The van der Waals surface area contributed by atoms with Crippen molar-refractivity contribution < 1.29 is 4.79 Å². The van der Waals surface area contributed by atoms with E-state index in [0.29, 0.717) is 5.56 Å². The first-order valence-electron chi connectivity index (χ1n) is 11.2. The van der Waals surface area contributed by atoms with Crippen LogP contribution in [0, 0.1) is 11.8 Å². The molecule has 0 fully saturated rings. The Kier molecular flexibility index (Phi) is 7.15. The second-order valence-corrected chi connectivity index (χ2v) is 11.8. The average Bonchev–Trinajstić information content (AvgIpc) is 2.90. The Morgan fingerprint density at radius 1 is 0.727 bits per heavy atom. The topological polar surface area (TPSA) is 17.1 Å². The molecule has 0 atom stereocenters. The summed E-state index contributed by atoms with van der Waals surface area (Å²) in [6, 6.07) is 40.0. The van der Waals surface area contributed by atoms with Crippen molar-refractivity contribution in [1.29, 1.82) is 0 Å². The van der Waals surface area contributed by atoms with Crippen molar-refractivity contribution in [3.8, 4) is 11.8 Å². The van der Waals surface area contributed by atoms with Crippen LogP contribution in [0.4, 0.5) is 0 Å². The van der Waals surface area contributed by atoms with Crippen molar-refractivity contribution in [2.24, 2.45) is 0 Å². The maximum absolute atomic E-state index is 12.7. The summed E-state index contributed by atoms with van der Waals surface area (Å²) < 4.78 is 0. The molecule has 0 unspecified atom stereocenters. The smallest absolute Gasteiger partial charge is 0.236 e. The predicted molar refractivity (Wildman–Crippen MR) is 141 cm³/mol. The Hall–Kier alpha value is -3.93. The van der Waals surface area contributed by atoms with E-state index in [0.717, 1.165) is 11.6 Å². The van der Waals surface area contributed by atoms with Gasteiger partial charge in [0.25, 0.3) is 0 Å². The summed E-state index contributed by atoms with van der Waals surface area (Å²) in [7, 11) is -2.44. The summed E-state index contributed by atoms with van der Waals surface area (Å²) in [5, 5.41) is 3.89. The number of Topliss-reactive ketones (excluding diaryl/α,β-unsaturated/α-hetero) is 1. The van der Waals surface area contributed by atoms with Crippen LogP contribution in [0.25, 0.3) is 0 Å². The Bertz CT molecular complexity index is 1260. The number of allylic oxidation sites excluding steroid dienone is 2. The molecule has 33 heavy (non-hydrogen) atoms. The van der Waals surface area contributed by atoms with Crippen molar-refractivity contribution >= 4 is 29.4 Å². The van der Waals surface area contributed by atoms with Gasteiger partial charge in [-0.05, 0) is 40.5 Å². The zero-order valence-electron chi connectivity index (χ0n) is 18.7. The number of carbonyl (C=O) groups is 1. The molecule has 0 spiro atoms. The summed E-state index contributed by atoms with van der Waals surface area (Å²) in [6.45, 7) is 2.07. The van der Waals surface area contributed by atoms with Gasteiger partial charge in [-0.2, -0.15) is 0 Å². The van der Waals surface area contributed by atoms with Crippen molar-refractivity contribution in [2.45, 2.75) is 13.0 Å². The van der Waals surface area contributed by atoms with E-state index in [2.05, 4.69) is 104 Å². The Labute approximate surface area is 197 Å². The minimum absolute atomic E-state index is 0.162. The van der Waals surface area contributed by atoms with E-state index >= 15 is 0 Å². The first-order valence-corrected chi connectivity index (χ1v) is 13.4. The number of benzene rings is 4. The Morgan fingerprint density at radius 3 is 1.82 bits per heavy atom. The number of hydrogen-bond acceptors (Lipinski definition) is 1. The van der Waals surface area contributed by atoms with E-state index in [9.17, 15) is 4.79 Å². The van der Waals surface area contributed by atoms with Crippen molar-refractivity contribution in [1.82, 2.24) is 0 Å². The molecule has 0 heterocycles. The molecule has 0 saturated heterocycles. The molecule has 0 aliphatic rings. The molecule has 4 aromatic rings. The summed E-state index contributed by atoms with van der Waals surface area (Å²) >= 11 is 0. The summed E-state index contributed by atoms with van der Waals surface area (Å²) in [4.78, 5) is 12.7. The van der Waals surface area contributed by atoms with Gasteiger partial charge < -0.3 is 0 Å². The van der Waals surface area contributed by atoms with Gasteiger partial charge in [-0.3, -0.25) is 4.79 Å². The molecule has 2 heteroatoms. The van der Waals surface area contributed by atoms with Crippen LogP contribution in [-0.2, 0) is 0 Å². The van der Waals surface area contributed by atoms with Gasteiger partial charge in [0.1, 0.15) is 0 Å². The third-order valence-corrected chi connectivity index (χ3v) is 10.8. The SMILES string of the molecule is C/C=C/C[Si](c1ccccc1)(c1ccccc1)c1ccccc1C#CC(=O)c1ccccc1. The molecule has 1 nitrogen and oxygen atoms in total. The molecule has 0 aromatic heterocycles. The highest BCUT2D eigenvalue weighted by Gasteiger charge is 2.39. The van der Waals surface area contributed by atoms with E-state index < -0.39 is 8.07 Å². The first kappa shape index (κ1) is 22.3. The van der Waals surface area contributed by atoms with E-state index in [1.165, 1.54) is 15.6 Å². The van der Waals surface area contributed by atoms with Gasteiger partial charge >= 0.3 is 0 Å². The molecule has 0 aliphatic carbocycles. The zero-order chi connectivity index (χ0) is 22.9. The van der Waals surface area contributed by atoms with Gasteiger partial charge in [0, 0.05) is 11.1 Å². The molecule has 160 valence electrons. The second kappa shape index (κ2) is 10.6. The summed E-state index contributed by atoms with van der Waals surface area (Å²) in [5.41, 5.74) is 1.54. The normalized spacial score (nSPS) is 11.1. The predicted octanol–water partition coefficient (Wildman–Crippen LogP) is 4.97. The highest BCUT2D eigenvalue weighted by Crippen LogP contribution is 2.16. The molecule has 0 saturated carbocycles. The molecule has 0 radical (unpaired) electrons. The maximum atomic E-state index is 12.7. The van der Waals surface area contributed by atoms with E-state index in [-0.39, 0.29) is 5.78 Å². The molecule has 0 amide bonds. The fourth-order valence-corrected chi connectivity index (χ4v) is 9.06. The lowest BCUT2D eigenvalue weighted by Gasteiger charge is -2.33. The minimum Gasteiger partial charge on any atom is -0.279 e. The molecule has 0 aliphatic heterocycles. The van der Waals surface area contributed by atoms with Crippen LogP contribution < -0.4 is 15.6 Å². The monoisotopic (exact) mass is 442 g/mol. The zero-order valence-corrected chi connectivity index (χ0v) is 19.7. The van der Waals surface area contributed by atoms with Crippen LogP contribution in [0.5, 0.6) is 0 Å². The summed E-state index contributed by atoms with van der Waals surface area (Å²) in [5.74, 6) is 5.98. The van der Waals surface area contributed by atoms with Crippen LogP contribution in [0.15, 0.2) is 127 Å². The number of ketones is 1. The Morgan fingerprint density at radius 2 is 1.24 bits per heavy atom. The van der Waals surface area contributed by atoms with Crippen LogP contribution in [0.1, 0.15) is 22.8 Å². The van der Waals surface area contributed by atoms with Crippen molar-refractivity contribution in [2.75, 3.05) is 0 Å². The maximum Gasteiger partial charge on any atom is 0.236 e. The van der Waals surface area contributed by atoms with Gasteiger partial charge in [0.2, 0.25) is 5.78 Å². The molecule has 0 N–H and O–H groups in total. The van der Waals surface area contributed by atoms with Gasteiger partial charge in [0.15, 0.2) is 8.07 Å². The van der Waals surface area contributed by atoms with Gasteiger partial charge in [-0.1, -0.05) is 127 Å². The summed E-state index contributed by atoms with van der Waals surface area (Å²) in [6.07, 6.45) is 4.40. The first-order chi connectivity index (χ1) is 16.3.